The van der Waals surface area contributed by atoms with Crippen LogP contribution in [0.25, 0.3) is 0 Å². The van der Waals surface area contributed by atoms with Gasteiger partial charge in [0.2, 0.25) is 0 Å². The van der Waals surface area contributed by atoms with E-state index in [1.807, 2.05) is 0 Å². The van der Waals surface area contributed by atoms with Crippen LogP contribution in [0.4, 0.5) is 0 Å². The van der Waals surface area contributed by atoms with Crippen molar-refractivity contribution in [1.29, 1.82) is 0 Å². The Morgan fingerprint density at radius 2 is 2.32 bits per heavy atom. The zero-order valence-corrected chi connectivity index (χ0v) is 12.0. The van der Waals surface area contributed by atoms with Crippen LogP contribution in [-0.2, 0) is 6.54 Å². The number of hydrogen-bond donors (Lipinski definition) is 2. The second kappa shape index (κ2) is 5.20. The van der Waals surface area contributed by atoms with Crippen LogP contribution >= 0.6 is 0 Å². The quantitative estimate of drug-likeness (QED) is 0.809. The second-order valence-corrected chi connectivity index (χ2v) is 6.13. The number of carbonyl (C=O) groups is 1. The molecule has 2 saturated carbocycles. The number of aliphatic hydroxyl groups excluding tert-OH is 1. The fourth-order valence-electron chi connectivity index (χ4n) is 2.87. The van der Waals surface area contributed by atoms with E-state index in [1.54, 1.807) is 34.0 Å². The van der Waals surface area contributed by atoms with Gasteiger partial charge in [0.15, 0.2) is 5.69 Å². The molecule has 0 saturated heterocycles. The molecule has 1 amide bonds. The minimum atomic E-state index is -0.490. The van der Waals surface area contributed by atoms with E-state index in [-0.39, 0.29) is 18.0 Å². The first-order valence-corrected chi connectivity index (χ1v) is 7.59. The van der Waals surface area contributed by atoms with Gasteiger partial charge in [-0.1, -0.05) is 5.21 Å². The van der Waals surface area contributed by atoms with Gasteiger partial charge in [0.1, 0.15) is 0 Å². The standard InChI is InChI=1S/C14H18N6O2/c21-12-6-10(13(12)20-5-1-4-15-20)16-14(22)11-8-19(18-17-11)7-9-2-3-9/h1,4-5,8-10,12-13,21H,2-3,6-7H2,(H,16,22)/t10-,12+,13+/m0/s1. The normalized spacial score (nSPS) is 27.4. The van der Waals surface area contributed by atoms with Gasteiger partial charge in [-0.3, -0.25) is 14.2 Å². The molecule has 0 aromatic carbocycles. The molecule has 8 heteroatoms. The zero-order valence-electron chi connectivity index (χ0n) is 12.0. The number of rotatable bonds is 5. The number of carbonyl (C=O) groups excluding carboxylic acids is 1. The van der Waals surface area contributed by atoms with Crippen LogP contribution in [0.15, 0.2) is 24.7 Å². The highest BCUT2D eigenvalue weighted by Gasteiger charge is 2.43. The first-order valence-electron chi connectivity index (χ1n) is 7.59. The summed E-state index contributed by atoms with van der Waals surface area (Å²) < 4.78 is 3.41. The lowest BCUT2D eigenvalue weighted by atomic mass is 9.83. The van der Waals surface area contributed by atoms with E-state index in [1.165, 1.54) is 12.8 Å². The van der Waals surface area contributed by atoms with Crippen LogP contribution in [0, 0.1) is 5.92 Å². The van der Waals surface area contributed by atoms with Crippen molar-refractivity contribution in [2.75, 3.05) is 0 Å². The van der Waals surface area contributed by atoms with Gasteiger partial charge in [0.05, 0.1) is 24.4 Å². The van der Waals surface area contributed by atoms with Crippen LogP contribution < -0.4 is 5.32 Å². The Morgan fingerprint density at radius 3 is 3.00 bits per heavy atom. The predicted molar refractivity (Wildman–Crippen MR) is 75.9 cm³/mol. The van der Waals surface area contributed by atoms with E-state index in [0.29, 0.717) is 18.0 Å². The maximum Gasteiger partial charge on any atom is 0.273 e. The molecule has 0 bridgehead atoms. The van der Waals surface area contributed by atoms with Crippen LogP contribution in [0.3, 0.4) is 0 Å². The molecule has 22 heavy (non-hydrogen) atoms. The molecule has 4 rings (SSSR count). The summed E-state index contributed by atoms with van der Waals surface area (Å²) in [6.45, 7) is 0.832. The van der Waals surface area contributed by atoms with Crippen molar-refractivity contribution in [3.63, 3.8) is 0 Å². The molecule has 2 aliphatic carbocycles. The predicted octanol–water partition coefficient (Wildman–Crippen LogP) is -0.0111. The van der Waals surface area contributed by atoms with Crippen molar-refractivity contribution in [3.05, 3.63) is 30.4 Å². The fourth-order valence-corrected chi connectivity index (χ4v) is 2.87. The summed E-state index contributed by atoms with van der Waals surface area (Å²) in [6, 6.07) is 1.43. The SMILES string of the molecule is O=C(N[C@H]1C[C@@H](O)[C@@H]1n1cccn1)c1cn(CC2CC2)nn1. The third kappa shape index (κ3) is 2.50. The summed E-state index contributed by atoms with van der Waals surface area (Å²) in [6.07, 6.45) is 7.62. The zero-order chi connectivity index (χ0) is 15.1. The number of aliphatic hydroxyl groups is 1. The van der Waals surface area contributed by atoms with E-state index in [0.717, 1.165) is 6.54 Å². The first kappa shape index (κ1) is 13.4. The lowest BCUT2D eigenvalue weighted by Crippen LogP contribution is -2.56. The van der Waals surface area contributed by atoms with Gasteiger partial charge in [0.25, 0.3) is 5.91 Å². The minimum absolute atomic E-state index is 0.143. The van der Waals surface area contributed by atoms with Gasteiger partial charge in [0, 0.05) is 18.9 Å². The van der Waals surface area contributed by atoms with Crippen molar-refractivity contribution in [2.24, 2.45) is 5.92 Å². The third-order valence-electron chi connectivity index (χ3n) is 4.36. The average molecular weight is 302 g/mol. The Morgan fingerprint density at radius 1 is 1.45 bits per heavy atom. The highest BCUT2D eigenvalue weighted by molar-refractivity contribution is 5.92. The summed E-state index contributed by atoms with van der Waals surface area (Å²) in [5.74, 6) is 0.430. The molecule has 8 nitrogen and oxygen atoms in total. The smallest absolute Gasteiger partial charge is 0.273 e. The third-order valence-corrected chi connectivity index (χ3v) is 4.36. The number of nitrogens with one attached hydrogen (secondary N) is 1. The van der Waals surface area contributed by atoms with E-state index in [9.17, 15) is 9.90 Å². The molecule has 0 aliphatic heterocycles. The van der Waals surface area contributed by atoms with Gasteiger partial charge >= 0.3 is 0 Å². The molecule has 3 atom stereocenters. The Balaban J connectivity index is 1.40. The Hall–Kier alpha value is -2.22. The van der Waals surface area contributed by atoms with Crippen molar-refractivity contribution in [1.82, 2.24) is 30.1 Å². The number of hydrogen-bond acceptors (Lipinski definition) is 5. The highest BCUT2D eigenvalue weighted by Crippen LogP contribution is 2.32. The van der Waals surface area contributed by atoms with Crippen molar-refractivity contribution in [3.8, 4) is 0 Å². The van der Waals surface area contributed by atoms with Gasteiger partial charge in [-0.25, -0.2) is 0 Å². The second-order valence-electron chi connectivity index (χ2n) is 6.13. The molecule has 0 radical (unpaired) electrons. The number of aromatic nitrogens is 5. The molecular formula is C14H18N6O2. The minimum Gasteiger partial charge on any atom is -0.391 e. The molecular weight excluding hydrogens is 284 g/mol. The van der Waals surface area contributed by atoms with Gasteiger partial charge < -0.3 is 10.4 Å². The van der Waals surface area contributed by atoms with Crippen LogP contribution in [0.1, 0.15) is 35.8 Å². The van der Waals surface area contributed by atoms with Gasteiger partial charge in [-0.2, -0.15) is 5.10 Å². The van der Waals surface area contributed by atoms with Gasteiger partial charge in [-0.15, -0.1) is 5.10 Å². The monoisotopic (exact) mass is 302 g/mol. The number of amides is 1. The van der Waals surface area contributed by atoms with E-state index >= 15 is 0 Å². The topological polar surface area (TPSA) is 97.9 Å². The maximum atomic E-state index is 12.2. The lowest BCUT2D eigenvalue weighted by molar-refractivity contribution is -0.00595. The Bertz CT molecular complexity index is 663. The molecule has 0 spiro atoms. The number of nitrogens with zero attached hydrogens (tertiary/aromatic N) is 5. The van der Waals surface area contributed by atoms with Crippen molar-refractivity contribution < 1.29 is 9.90 Å². The van der Waals surface area contributed by atoms with Crippen LogP contribution in [-0.4, -0.2) is 47.9 Å². The molecule has 2 aromatic heterocycles. The van der Waals surface area contributed by atoms with E-state index in [2.05, 4.69) is 20.7 Å². The summed E-state index contributed by atoms with van der Waals surface area (Å²) in [7, 11) is 0. The largest absolute Gasteiger partial charge is 0.391 e. The molecule has 2 N–H and O–H groups in total. The first-order chi connectivity index (χ1) is 10.7. The molecule has 2 heterocycles. The summed E-state index contributed by atoms with van der Waals surface area (Å²) in [5.41, 5.74) is 0.321. The van der Waals surface area contributed by atoms with E-state index < -0.39 is 6.10 Å². The van der Waals surface area contributed by atoms with E-state index in [4.69, 9.17) is 0 Å². The maximum absolute atomic E-state index is 12.2. The Kier molecular flexibility index (Phi) is 3.18. The van der Waals surface area contributed by atoms with Gasteiger partial charge in [-0.05, 0) is 31.2 Å². The highest BCUT2D eigenvalue weighted by atomic mass is 16.3. The Labute approximate surface area is 127 Å². The summed E-state index contributed by atoms with van der Waals surface area (Å²) >= 11 is 0. The molecule has 116 valence electrons. The fraction of sp³-hybridized carbons (Fsp3) is 0.571. The molecule has 0 unspecified atom stereocenters. The van der Waals surface area contributed by atoms with Crippen LogP contribution in [0.2, 0.25) is 0 Å². The van der Waals surface area contributed by atoms with Crippen LogP contribution in [0.5, 0.6) is 0 Å². The molecule has 2 aromatic rings. The van der Waals surface area contributed by atoms with Crippen molar-refractivity contribution in [2.45, 2.75) is 44.0 Å². The lowest BCUT2D eigenvalue weighted by Gasteiger charge is -2.41. The molecule has 2 fully saturated rings. The molecule has 2 aliphatic rings. The summed E-state index contributed by atoms with van der Waals surface area (Å²) in [5, 5.41) is 24.9. The summed E-state index contributed by atoms with van der Waals surface area (Å²) in [4.78, 5) is 12.2. The average Bonchev–Trinajstić information content (AvgIpc) is 2.96. The van der Waals surface area contributed by atoms with Crippen molar-refractivity contribution >= 4 is 5.91 Å².